The first-order valence-corrected chi connectivity index (χ1v) is 9.62. The van der Waals surface area contributed by atoms with Gasteiger partial charge in [-0.2, -0.15) is 0 Å². The molecule has 5 heteroatoms. The molecular formula is C22H24N2O3. The van der Waals surface area contributed by atoms with E-state index < -0.39 is 0 Å². The highest BCUT2D eigenvalue weighted by atomic mass is 16.5. The maximum absolute atomic E-state index is 12.7. The first-order chi connectivity index (χ1) is 13.2. The number of nitrogens with zero attached hydrogens (tertiary/aromatic N) is 1. The van der Waals surface area contributed by atoms with Crippen LogP contribution in [-0.4, -0.2) is 42.5 Å². The Hall–Kier alpha value is -2.82. The lowest BCUT2D eigenvalue weighted by molar-refractivity contribution is -0.132. The number of rotatable bonds is 0. The molecule has 0 spiro atoms. The van der Waals surface area contributed by atoms with E-state index in [2.05, 4.69) is 5.32 Å². The van der Waals surface area contributed by atoms with Crippen LogP contribution >= 0.6 is 0 Å². The van der Waals surface area contributed by atoms with E-state index in [9.17, 15) is 9.59 Å². The third kappa shape index (κ3) is 3.82. The number of hydrogen-bond acceptors (Lipinski definition) is 3. The molecule has 0 aliphatic carbocycles. The standard InChI is InChI=1S/C22H24N2O3/c25-21-11-4-12-23-22(26)20-10-2-1-9-19(20)16-6-3-8-18(14-16)27-15-17-7-5-13-24(17)21/h1-3,6,8-10,14,17H,4-5,7,11-13,15H2,(H,23,26). The summed E-state index contributed by atoms with van der Waals surface area (Å²) in [6, 6.07) is 15.5. The summed E-state index contributed by atoms with van der Waals surface area (Å²) in [4.78, 5) is 27.2. The Balaban J connectivity index is 1.67. The van der Waals surface area contributed by atoms with Gasteiger partial charge in [-0.05, 0) is 48.6 Å². The zero-order valence-electron chi connectivity index (χ0n) is 15.3. The Morgan fingerprint density at radius 3 is 2.74 bits per heavy atom. The van der Waals surface area contributed by atoms with Gasteiger partial charge in [-0.1, -0.05) is 30.3 Å². The first-order valence-electron chi connectivity index (χ1n) is 9.62. The zero-order chi connectivity index (χ0) is 18.6. The molecule has 27 heavy (non-hydrogen) atoms. The maximum atomic E-state index is 12.7. The van der Waals surface area contributed by atoms with Gasteiger partial charge in [-0.3, -0.25) is 9.59 Å². The summed E-state index contributed by atoms with van der Waals surface area (Å²) in [5.41, 5.74) is 2.47. The van der Waals surface area contributed by atoms with Gasteiger partial charge < -0.3 is 15.0 Å². The smallest absolute Gasteiger partial charge is 0.251 e. The average molecular weight is 364 g/mol. The lowest BCUT2D eigenvalue weighted by Gasteiger charge is -2.25. The quantitative estimate of drug-likeness (QED) is 0.781. The van der Waals surface area contributed by atoms with E-state index in [1.165, 1.54) is 0 Å². The van der Waals surface area contributed by atoms with Crippen molar-refractivity contribution in [1.29, 1.82) is 0 Å². The highest BCUT2D eigenvalue weighted by molar-refractivity contribution is 6.01. The highest BCUT2D eigenvalue weighted by Gasteiger charge is 2.29. The van der Waals surface area contributed by atoms with Crippen molar-refractivity contribution in [3.63, 3.8) is 0 Å². The van der Waals surface area contributed by atoms with Crippen LogP contribution in [0.5, 0.6) is 5.75 Å². The lowest BCUT2D eigenvalue weighted by Crippen LogP contribution is -2.39. The highest BCUT2D eigenvalue weighted by Crippen LogP contribution is 2.28. The number of benzene rings is 2. The number of amides is 2. The van der Waals surface area contributed by atoms with Crippen molar-refractivity contribution in [2.45, 2.75) is 31.7 Å². The van der Waals surface area contributed by atoms with Gasteiger partial charge in [0.1, 0.15) is 12.4 Å². The van der Waals surface area contributed by atoms with Crippen molar-refractivity contribution in [3.05, 3.63) is 54.1 Å². The molecule has 140 valence electrons. The summed E-state index contributed by atoms with van der Waals surface area (Å²) in [6.45, 7) is 1.80. The molecule has 1 fully saturated rings. The Kier molecular flexibility index (Phi) is 5.10. The summed E-state index contributed by atoms with van der Waals surface area (Å²) >= 11 is 0. The molecule has 2 aromatic carbocycles. The number of carbonyl (C=O) groups excluding carboxylic acids is 2. The van der Waals surface area contributed by atoms with Crippen LogP contribution in [0.25, 0.3) is 11.1 Å². The first kappa shape index (κ1) is 17.6. The van der Waals surface area contributed by atoms with Gasteiger partial charge in [0, 0.05) is 25.1 Å². The monoisotopic (exact) mass is 364 g/mol. The summed E-state index contributed by atoms with van der Waals surface area (Å²) in [6.07, 6.45) is 3.09. The van der Waals surface area contributed by atoms with Gasteiger partial charge in [0.05, 0.1) is 6.04 Å². The normalized spacial score (nSPS) is 20.6. The van der Waals surface area contributed by atoms with E-state index in [1.807, 2.05) is 53.4 Å². The van der Waals surface area contributed by atoms with E-state index in [0.29, 0.717) is 31.6 Å². The zero-order valence-corrected chi connectivity index (χ0v) is 15.3. The summed E-state index contributed by atoms with van der Waals surface area (Å²) in [5.74, 6) is 0.801. The number of fused-ring (bicyclic) bond motifs is 5. The predicted molar refractivity (Wildman–Crippen MR) is 104 cm³/mol. The lowest BCUT2D eigenvalue weighted by atomic mass is 9.99. The SMILES string of the molecule is O=C1NCCCC(=O)N2CCCC2COc2cccc(c2)-c2ccccc21. The minimum absolute atomic E-state index is 0.113. The molecule has 0 aromatic heterocycles. The van der Waals surface area contributed by atoms with Crippen LogP contribution in [0.3, 0.4) is 0 Å². The minimum Gasteiger partial charge on any atom is -0.491 e. The van der Waals surface area contributed by atoms with Crippen LogP contribution in [0, 0.1) is 0 Å². The van der Waals surface area contributed by atoms with E-state index in [0.717, 1.165) is 36.3 Å². The van der Waals surface area contributed by atoms with Crippen molar-refractivity contribution >= 4 is 11.8 Å². The van der Waals surface area contributed by atoms with Crippen molar-refractivity contribution < 1.29 is 14.3 Å². The van der Waals surface area contributed by atoms with Crippen molar-refractivity contribution in [2.24, 2.45) is 0 Å². The molecule has 1 N–H and O–H groups in total. The molecule has 2 aromatic rings. The minimum atomic E-state index is -0.113. The van der Waals surface area contributed by atoms with Crippen LogP contribution in [0.4, 0.5) is 0 Å². The van der Waals surface area contributed by atoms with Gasteiger partial charge in [0.2, 0.25) is 5.91 Å². The van der Waals surface area contributed by atoms with Gasteiger partial charge >= 0.3 is 0 Å². The second-order valence-electron chi connectivity index (χ2n) is 7.13. The van der Waals surface area contributed by atoms with Crippen molar-refractivity contribution in [3.8, 4) is 16.9 Å². The van der Waals surface area contributed by atoms with Crippen molar-refractivity contribution in [2.75, 3.05) is 19.7 Å². The molecule has 2 amide bonds. The number of hydrogen-bond donors (Lipinski definition) is 1. The van der Waals surface area contributed by atoms with Crippen LogP contribution < -0.4 is 10.1 Å². The van der Waals surface area contributed by atoms with Crippen molar-refractivity contribution in [1.82, 2.24) is 10.2 Å². The topological polar surface area (TPSA) is 58.6 Å². The Bertz CT molecular complexity index is 849. The third-order valence-corrected chi connectivity index (χ3v) is 5.31. The molecule has 0 radical (unpaired) electrons. The molecule has 0 saturated carbocycles. The van der Waals surface area contributed by atoms with Gasteiger partial charge in [0.25, 0.3) is 5.91 Å². The molecule has 1 unspecified atom stereocenters. The van der Waals surface area contributed by atoms with E-state index >= 15 is 0 Å². The fraction of sp³-hybridized carbons (Fsp3) is 0.364. The van der Waals surface area contributed by atoms with E-state index in [1.54, 1.807) is 0 Å². The summed E-state index contributed by atoms with van der Waals surface area (Å²) in [5, 5.41) is 2.96. The molecule has 1 atom stereocenters. The van der Waals surface area contributed by atoms with Gasteiger partial charge in [-0.25, -0.2) is 0 Å². The Morgan fingerprint density at radius 1 is 1.00 bits per heavy atom. The van der Waals surface area contributed by atoms with Crippen LogP contribution in [0.2, 0.25) is 0 Å². The van der Waals surface area contributed by atoms with Crippen LogP contribution in [-0.2, 0) is 4.79 Å². The van der Waals surface area contributed by atoms with Crippen LogP contribution in [0.1, 0.15) is 36.0 Å². The molecule has 2 heterocycles. The fourth-order valence-electron chi connectivity index (χ4n) is 3.90. The predicted octanol–water partition coefficient (Wildman–Crippen LogP) is 3.25. The molecule has 2 aliphatic heterocycles. The number of ether oxygens (including phenoxy) is 1. The molecule has 1 saturated heterocycles. The van der Waals surface area contributed by atoms with Gasteiger partial charge in [0.15, 0.2) is 0 Å². The fourth-order valence-corrected chi connectivity index (χ4v) is 3.90. The maximum Gasteiger partial charge on any atom is 0.251 e. The average Bonchev–Trinajstić information content (AvgIpc) is 3.18. The summed E-state index contributed by atoms with van der Waals surface area (Å²) in [7, 11) is 0. The molecule has 4 rings (SSSR count). The summed E-state index contributed by atoms with van der Waals surface area (Å²) < 4.78 is 6.03. The number of carbonyl (C=O) groups is 2. The number of nitrogens with one attached hydrogen (secondary N) is 1. The van der Waals surface area contributed by atoms with E-state index in [-0.39, 0.29) is 17.9 Å². The Labute approximate surface area is 159 Å². The van der Waals surface area contributed by atoms with Gasteiger partial charge in [-0.15, -0.1) is 0 Å². The van der Waals surface area contributed by atoms with E-state index in [4.69, 9.17) is 4.74 Å². The van der Waals surface area contributed by atoms with Crippen LogP contribution in [0.15, 0.2) is 48.5 Å². The molecule has 2 aliphatic rings. The largest absolute Gasteiger partial charge is 0.491 e. The second kappa shape index (κ2) is 7.82. The molecule has 2 bridgehead atoms. The third-order valence-electron chi connectivity index (χ3n) is 5.31. The molecular weight excluding hydrogens is 340 g/mol. The Morgan fingerprint density at radius 2 is 1.85 bits per heavy atom. The molecule has 5 nitrogen and oxygen atoms in total. The second-order valence-corrected chi connectivity index (χ2v) is 7.13.